The second-order valence-electron chi connectivity index (χ2n) is 5.44. The van der Waals surface area contributed by atoms with E-state index in [0.717, 1.165) is 17.5 Å². The number of hydrogen-bond donors (Lipinski definition) is 1. The van der Waals surface area contributed by atoms with Gasteiger partial charge in [-0.15, -0.1) is 11.3 Å². The fourth-order valence-corrected chi connectivity index (χ4v) is 3.98. The Morgan fingerprint density at radius 2 is 2.29 bits per heavy atom. The van der Waals surface area contributed by atoms with Crippen molar-refractivity contribution in [2.75, 3.05) is 0 Å². The predicted octanol–water partition coefficient (Wildman–Crippen LogP) is 4.13. The van der Waals surface area contributed by atoms with Crippen molar-refractivity contribution in [3.8, 4) is 0 Å². The zero-order chi connectivity index (χ0) is 14.8. The quantitative estimate of drug-likeness (QED) is 0.682. The smallest absolute Gasteiger partial charge is 0.272 e. The van der Waals surface area contributed by atoms with Gasteiger partial charge in [-0.2, -0.15) is 0 Å². The molecule has 1 heterocycles. The van der Waals surface area contributed by atoms with E-state index in [1.165, 1.54) is 23.3 Å². The molecular weight excluding hydrogens is 284 g/mol. The van der Waals surface area contributed by atoms with Crippen LogP contribution in [0.15, 0.2) is 29.6 Å². The van der Waals surface area contributed by atoms with Crippen LogP contribution in [0.4, 0.5) is 5.69 Å². The minimum absolute atomic E-state index is 0.203. The Hall–Kier alpha value is -1.72. The highest BCUT2D eigenvalue weighted by molar-refractivity contribution is 7.10. The Balaban J connectivity index is 1.75. The summed E-state index contributed by atoms with van der Waals surface area (Å²) in [7, 11) is 0. The summed E-state index contributed by atoms with van der Waals surface area (Å²) in [5.74, 6) is 0. The molecule has 1 aliphatic rings. The lowest BCUT2D eigenvalue weighted by atomic mass is 9.93. The second kappa shape index (κ2) is 5.95. The van der Waals surface area contributed by atoms with Gasteiger partial charge >= 0.3 is 0 Å². The molecule has 1 aromatic heterocycles. The molecule has 110 valence electrons. The number of thiophene rings is 1. The van der Waals surface area contributed by atoms with Gasteiger partial charge in [-0.3, -0.25) is 10.1 Å². The average Bonchev–Trinajstić information content (AvgIpc) is 2.95. The first-order chi connectivity index (χ1) is 10.2. The number of rotatable bonds is 4. The summed E-state index contributed by atoms with van der Waals surface area (Å²) in [6.07, 6.45) is 3.53. The van der Waals surface area contributed by atoms with Crippen LogP contribution in [0.3, 0.4) is 0 Å². The standard InChI is InChI=1S/C16H18N2O2S/c1-11-12(4-2-6-15(11)18(19)20)10-17-14-5-3-7-16-13(14)8-9-21-16/h2,4,6,8-9,14,17H,3,5,7,10H2,1H3. The molecule has 0 spiro atoms. The number of nitrogens with zero attached hydrogens (tertiary/aromatic N) is 1. The summed E-state index contributed by atoms with van der Waals surface area (Å²) in [5, 5.41) is 16.7. The molecule has 0 amide bonds. The zero-order valence-corrected chi connectivity index (χ0v) is 12.8. The zero-order valence-electron chi connectivity index (χ0n) is 12.0. The lowest BCUT2D eigenvalue weighted by Gasteiger charge is -2.24. The summed E-state index contributed by atoms with van der Waals surface area (Å²) in [5.41, 5.74) is 3.38. The molecule has 2 aromatic rings. The number of fused-ring (bicyclic) bond motifs is 1. The summed E-state index contributed by atoms with van der Waals surface area (Å²) >= 11 is 1.83. The van der Waals surface area contributed by atoms with Crippen LogP contribution in [-0.2, 0) is 13.0 Å². The molecule has 1 aromatic carbocycles. The molecule has 0 bridgehead atoms. The maximum Gasteiger partial charge on any atom is 0.272 e. The van der Waals surface area contributed by atoms with Gasteiger partial charge in [-0.1, -0.05) is 12.1 Å². The molecule has 1 atom stereocenters. The van der Waals surface area contributed by atoms with Gasteiger partial charge in [0, 0.05) is 29.1 Å². The van der Waals surface area contributed by atoms with Gasteiger partial charge in [-0.25, -0.2) is 0 Å². The fourth-order valence-electron chi connectivity index (χ4n) is 2.99. The Kier molecular flexibility index (Phi) is 4.03. The minimum Gasteiger partial charge on any atom is -0.306 e. The van der Waals surface area contributed by atoms with Crippen molar-refractivity contribution >= 4 is 17.0 Å². The third-order valence-electron chi connectivity index (χ3n) is 4.20. The van der Waals surface area contributed by atoms with Crippen LogP contribution in [0, 0.1) is 17.0 Å². The molecular formula is C16H18N2O2S. The first-order valence-electron chi connectivity index (χ1n) is 7.19. The lowest BCUT2D eigenvalue weighted by Crippen LogP contribution is -2.24. The van der Waals surface area contributed by atoms with Crippen molar-refractivity contribution in [2.24, 2.45) is 0 Å². The molecule has 0 saturated heterocycles. The highest BCUT2D eigenvalue weighted by atomic mass is 32.1. The van der Waals surface area contributed by atoms with Crippen molar-refractivity contribution in [3.05, 3.63) is 61.3 Å². The topological polar surface area (TPSA) is 55.2 Å². The molecule has 0 saturated carbocycles. The van der Waals surface area contributed by atoms with Crippen LogP contribution in [-0.4, -0.2) is 4.92 Å². The molecule has 4 nitrogen and oxygen atoms in total. The van der Waals surface area contributed by atoms with Gasteiger partial charge in [0.05, 0.1) is 4.92 Å². The predicted molar refractivity (Wildman–Crippen MR) is 84.7 cm³/mol. The van der Waals surface area contributed by atoms with Gasteiger partial charge in [0.25, 0.3) is 5.69 Å². The third-order valence-corrected chi connectivity index (χ3v) is 5.20. The molecule has 5 heteroatoms. The highest BCUT2D eigenvalue weighted by Crippen LogP contribution is 2.33. The maximum absolute atomic E-state index is 11.0. The molecule has 3 rings (SSSR count). The van der Waals surface area contributed by atoms with Gasteiger partial charge in [0.1, 0.15) is 0 Å². The highest BCUT2D eigenvalue weighted by Gasteiger charge is 2.21. The lowest BCUT2D eigenvalue weighted by molar-refractivity contribution is -0.385. The van der Waals surface area contributed by atoms with E-state index in [-0.39, 0.29) is 10.6 Å². The SMILES string of the molecule is Cc1c(CNC2CCCc3sccc32)cccc1[N+](=O)[O-]. The molecule has 1 N–H and O–H groups in total. The number of aryl methyl sites for hydroxylation is 1. The number of nitro benzene ring substituents is 1. The van der Waals surface area contributed by atoms with Crippen LogP contribution >= 0.6 is 11.3 Å². The first-order valence-corrected chi connectivity index (χ1v) is 8.07. The van der Waals surface area contributed by atoms with Crippen molar-refractivity contribution in [1.29, 1.82) is 0 Å². The average molecular weight is 302 g/mol. The minimum atomic E-state index is -0.309. The van der Waals surface area contributed by atoms with Crippen LogP contribution in [0.25, 0.3) is 0 Å². The summed E-state index contributed by atoms with van der Waals surface area (Å²) in [4.78, 5) is 12.2. The Morgan fingerprint density at radius 3 is 3.10 bits per heavy atom. The van der Waals surface area contributed by atoms with Gasteiger partial charge in [-0.05, 0) is 48.8 Å². The fraction of sp³-hybridized carbons (Fsp3) is 0.375. The van der Waals surface area contributed by atoms with Crippen LogP contribution in [0.5, 0.6) is 0 Å². The van der Waals surface area contributed by atoms with E-state index in [9.17, 15) is 10.1 Å². The van der Waals surface area contributed by atoms with Crippen molar-refractivity contribution in [3.63, 3.8) is 0 Å². The van der Waals surface area contributed by atoms with Crippen molar-refractivity contribution < 1.29 is 4.92 Å². The monoisotopic (exact) mass is 302 g/mol. The van der Waals surface area contributed by atoms with Crippen molar-refractivity contribution in [1.82, 2.24) is 5.32 Å². The molecule has 21 heavy (non-hydrogen) atoms. The van der Waals surface area contributed by atoms with Gasteiger partial charge in [0.2, 0.25) is 0 Å². The van der Waals surface area contributed by atoms with E-state index < -0.39 is 0 Å². The number of nitro groups is 1. The van der Waals surface area contributed by atoms with E-state index >= 15 is 0 Å². The Labute approximate surface area is 128 Å². The normalized spacial score (nSPS) is 17.5. The third kappa shape index (κ3) is 2.84. The molecule has 0 radical (unpaired) electrons. The largest absolute Gasteiger partial charge is 0.306 e. The molecule has 1 unspecified atom stereocenters. The van der Waals surface area contributed by atoms with E-state index in [1.807, 2.05) is 24.3 Å². The van der Waals surface area contributed by atoms with Crippen LogP contribution in [0.2, 0.25) is 0 Å². The van der Waals surface area contributed by atoms with Crippen molar-refractivity contribution in [2.45, 2.75) is 38.8 Å². The van der Waals surface area contributed by atoms with E-state index in [0.29, 0.717) is 12.6 Å². The summed E-state index contributed by atoms with van der Waals surface area (Å²) < 4.78 is 0. The van der Waals surface area contributed by atoms with Gasteiger partial charge < -0.3 is 5.32 Å². The Morgan fingerprint density at radius 1 is 1.43 bits per heavy atom. The molecule has 0 aliphatic heterocycles. The summed E-state index contributed by atoms with van der Waals surface area (Å²) in [6.45, 7) is 2.50. The number of nitrogens with one attached hydrogen (secondary N) is 1. The van der Waals surface area contributed by atoms with E-state index in [2.05, 4.69) is 16.8 Å². The molecule has 1 aliphatic carbocycles. The summed E-state index contributed by atoms with van der Waals surface area (Å²) in [6, 6.07) is 7.87. The maximum atomic E-state index is 11.0. The van der Waals surface area contributed by atoms with Gasteiger partial charge in [0.15, 0.2) is 0 Å². The number of hydrogen-bond acceptors (Lipinski definition) is 4. The van der Waals surface area contributed by atoms with E-state index in [4.69, 9.17) is 0 Å². The van der Waals surface area contributed by atoms with Crippen LogP contribution in [0.1, 0.15) is 40.5 Å². The number of benzene rings is 1. The molecule has 0 fully saturated rings. The Bertz CT molecular complexity index is 666. The van der Waals surface area contributed by atoms with E-state index in [1.54, 1.807) is 12.1 Å². The first kappa shape index (κ1) is 14.2. The van der Waals surface area contributed by atoms with Crippen LogP contribution < -0.4 is 5.32 Å². The second-order valence-corrected chi connectivity index (χ2v) is 6.44.